The highest BCUT2D eigenvalue weighted by atomic mass is 35.5. The molecule has 0 saturated carbocycles. The van der Waals surface area contributed by atoms with Crippen LogP contribution in [0.5, 0.6) is 0 Å². The molecule has 4 nitrogen and oxygen atoms in total. The number of carbonyl (C=O) groups is 1. The lowest BCUT2D eigenvalue weighted by Crippen LogP contribution is -2.36. The first-order valence-electron chi connectivity index (χ1n) is 6.46. The van der Waals surface area contributed by atoms with Crippen LogP contribution in [0.4, 0.5) is 0 Å². The van der Waals surface area contributed by atoms with Gasteiger partial charge in [0, 0.05) is 23.5 Å². The number of aromatic nitrogens is 1. The van der Waals surface area contributed by atoms with Crippen LogP contribution in [0, 0.1) is 0 Å². The Balaban J connectivity index is 1.76. The lowest BCUT2D eigenvalue weighted by atomic mass is 10.2. The maximum atomic E-state index is 12.1. The molecule has 1 atom stereocenters. The Hall–Kier alpha value is -1.43. The first-order chi connectivity index (χ1) is 9.74. The summed E-state index contributed by atoms with van der Waals surface area (Å²) in [7, 11) is 0. The molecule has 2 aromatic rings. The van der Waals surface area contributed by atoms with E-state index in [1.54, 1.807) is 5.38 Å². The first-order valence-corrected chi connectivity index (χ1v) is 7.72. The molecule has 1 amide bonds. The summed E-state index contributed by atoms with van der Waals surface area (Å²) in [5, 5.41) is 9.39. The Bertz CT molecular complexity index is 622. The third-order valence-corrected chi connectivity index (χ3v) is 4.44. The highest BCUT2D eigenvalue weighted by molar-refractivity contribution is 7.13. The Morgan fingerprint density at radius 2 is 2.30 bits per heavy atom. The number of hydrogen-bond acceptors (Lipinski definition) is 4. The maximum Gasteiger partial charge on any atom is 0.271 e. The zero-order valence-corrected chi connectivity index (χ0v) is 12.3. The summed E-state index contributed by atoms with van der Waals surface area (Å²) in [6.45, 7) is 1.78. The lowest BCUT2D eigenvalue weighted by molar-refractivity contribution is 0.0936. The molecule has 1 aliphatic rings. The van der Waals surface area contributed by atoms with Crippen molar-refractivity contribution in [3.8, 4) is 10.6 Å². The predicted molar refractivity (Wildman–Crippen MR) is 81.3 cm³/mol. The van der Waals surface area contributed by atoms with E-state index in [9.17, 15) is 4.79 Å². The van der Waals surface area contributed by atoms with Crippen LogP contribution in [0.1, 0.15) is 16.9 Å². The minimum Gasteiger partial charge on any atom is -0.347 e. The number of hydrogen-bond donors (Lipinski definition) is 2. The molecule has 1 saturated heterocycles. The van der Waals surface area contributed by atoms with Gasteiger partial charge in [-0.2, -0.15) is 0 Å². The number of halogens is 1. The molecule has 3 rings (SSSR count). The number of rotatable bonds is 3. The van der Waals surface area contributed by atoms with Crippen molar-refractivity contribution in [1.29, 1.82) is 0 Å². The van der Waals surface area contributed by atoms with Crippen molar-refractivity contribution in [2.45, 2.75) is 12.5 Å². The monoisotopic (exact) mass is 307 g/mol. The van der Waals surface area contributed by atoms with Gasteiger partial charge in [0.25, 0.3) is 5.91 Å². The molecule has 1 aromatic heterocycles. The van der Waals surface area contributed by atoms with Gasteiger partial charge in [0.1, 0.15) is 10.7 Å². The summed E-state index contributed by atoms with van der Waals surface area (Å²) < 4.78 is 0. The SMILES string of the molecule is O=C(NC1CCNC1)c1csc(-c2ccccc2Cl)n1. The van der Waals surface area contributed by atoms with E-state index in [0.717, 1.165) is 30.1 Å². The number of carbonyl (C=O) groups excluding carboxylic acids is 1. The second-order valence-corrected chi connectivity index (χ2v) is 5.95. The minimum absolute atomic E-state index is 0.117. The number of amides is 1. The van der Waals surface area contributed by atoms with Crippen LogP contribution in [0.25, 0.3) is 10.6 Å². The summed E-state index contributed by atoms with van der Waals surface area (Å²) in [4.78, 5) is 16.5. The van der Waals surface area contributed by atoms with Crippen LogP contribution in [-0.4, -0.2) is 30.0 Å². The smallest absolute Gasteiger partial charge is 0.271 e. The molecule has 0 radical (unpaired) electrons. The fraction of sp³-hybridized carbons (Fsp3) is 0.286. The zero-order valence-electron chi connectivity index (χ0n) is 10.7. The highest BCUT2D eigenvalue weighted by Gasteiger charge is 2.19. The predicted octanol–water partition coefficient (Wildman–Crippen LogP) is 2.56. The Kier molecular flexibility index (Phi) is 4.00. The first kappa shape index (κ1) is 13.5. The van der Waals surface area contributed by atoms with Gasteiger partial charge in [0.2, 0.25) is 0 Å². The number of nitrogens with one attached hydrogen (secondary N) is 2. The molecule has 104 valence electrons. The van der Waals surface area contributed by atoms with Gasteiger partial charge in [-0.05, 0) is 19.0 Å². The molecule has 0 spiro atoms. The van der Waals surface area contributed by atoms with E-state index in [1.807, 2.05) is 24.3 Å². The topological polar surface area (TPSA) is 54.0 Å². The van der Waals surface area contributed by atoms with Gasteiger partial charge in [-0.15, -0.1) is 11.3 Å². The molecule has 1 aromatic carbocycles. The number of thiazole rings is 1. The Morgan fingerprint density at radius 1 is 1.45 bits per heavy atom. The van der Waals surface area contributed by atoms with Gasteiger partial charge in [-0.3, -0.25) is 4.79 Å². The van der Waals surface area contributed by atoms with Crippen molar-refractivity contribution in [2.75, 3.05) is 13.1 Å². The lowest BCUT2D eigenvalue weighted by Gasteiger charge is -2.09. The van der Waals surface area contributed by atoms with Crippen LogP contribution < -0.4 is 10.6 Å². The third-order valence-electron chi connectivity index (χ3n) is 3.24. The van der Waals surface area contributed by atoms with Crippen molar-refractivity contribution >= 4 is 28.8 Å². The fourth-order valence-corrected chi connectivity index (χ4v) is 3.29. The van der Waals surface area contributed by atoms with E-state index in [4.69, 9.17) is 11.6 Å². The van der Waals surface area contributed by atoms with Crippen molar-refractivity contribution < 1.29 is 4.79 Å². The molecular weight excluding hydrogens is 294 g/mol. The number of nitrogens with zero attached hydrogens (tertiary/aromatic N) is 1. The summed E-state index contributed by atoms with van der Waals surface area (Å²) >= 11 is 7.57. The molecule has 1 fully saturated rings. The standard InChI is InChI=1S/C14H14ClN3OS/c15-11-4-2-1-3-10(11)14-18-12(8-20-14)13(19)17-9-5-6-16-7-9/h1-4,8-9,16H,5-7H2,(H,17,19). The molecule has 0 aliphatic carbocycles. The molecule has 2 heterocycles. The van der Waals surface area contributed by atoms with E-state index in [-0.39, 0.29) is 11.9 Å². The molecule has 0 bridgehead atoms. The van der Waals surface area contributed by atoms with Gasteiger partial charge in [0.05, 0.1) is 5.02 Å². The Labute approximate surface area is 126 Å². The second-order valence-electron chi connectivity index (χ2n) is 4.68. The van der Waals surface area contributed by atoms with E-state index < -0.39 is 0 Å². The normalized spacial score (nSPS) is 18.1. The van der Waals surface area contributed by atoms with Gasteiger partial charge >= 0.3 is 0 Å². The minimum atomic E-state index is -0.117. The second kappa shape index (κ2) is 5.91. The van der Waals surface area contributed by atoms with Crippen LogP contribution in [0.2, 0.25) is 5.02 Å². The molecule has 1 aliphatic heterocycles. The molecule has 2 N–H and O–H groups in total. The van der Waals surface area contributed by atoms with Crippen molar-refractivity contribution in [3.05, 3.63) is 40.4 Å². The molecular formula is C14H14ClN3OS. The quantitative estimate of drug-likeness (QED) is 0.916. The summed E-state index contributed by atoms with van der Waals surface area (Å²) in [5.74, 6) is -0.117. The zero-order chi connectivity index (χ0) is 13.9. The van der Waals surface area contributed by atoms with Crippen LogP contribution in [0.15, 0.2) is 29.6 Å². The van der Waals surface area contributed by atoms with Crippen LogP contribution in [0.3, 0.4) is 0 Å². The van der Waals surface area contributed by atoms with Crippen LogP contribution in [-0.2, 0) is 0 Å². The number of benzene rings is 1. The highest BCUT2D eigenvalue weighted by Crippen LogP contribution is 2.30. The fourth-order valence-electron chi connectivity index (χ4n) is 2.17. The van der Waals surface area contributed by atoms with Crippen molar-refractivity contribution in [3.63, 3.8) is 0 Å². The van der Waals surface area contributed by atoms with Crippen LogP contribution >= 0.6 is 22.9 Å². The van der Waals surface area contributed by atoms with E-state index in [0.29, 0.717) is 10.7 Å². The maximum absolute atomic E-state index is 12.1. The summed E-state index contributed by atoms with van der Waals surface area (Å²) in [6.07, 6.45) is 0.966. The summed E-state index contributed by atoms with van der Waals surface area (Å²) in [5.41, 5.74) is 1.32. The molecule has 20 heavy (non-hydrogen) atoms. The summed E-state index contributed by atoms with van der Waals surface area (Å²) in [6, 6.07) is 7.71. The Morgan fingerprint density at radius 3 is 3.05 bits per heavy atom. The van der Waals surface area contributed by atoms with Crippen molar-refractivity contribution in [1.82, 2.24) is 15.6 Å². The van der Waals surface area contributed by atoms with E-state index in [1.165, 1.54) is 11.3 Å². The average molecular weight is 308 g/mol. The van der Waals surface area contributed by atoms with Gasteiger partial charge in [-0.1, -0.05) is 29.8 Å². The molecule has 1 unspecified atom stereocenters. The van der Waals surface area contributed by atoms with E-state index >= 15 is 0 Å². The van der Waals surface area contributed by atoms with Gasteiger partial charge in [0.15, 0.2) is 0 Å². The molecule has 6 heteroatoms. The average Bonchev–Trinajstić information content (AvgIpc) is 3.10. The third kappa shape index (κ3) is 2.85. The van der Waals surface area contributed by atoms with Gasteiger partial charge in [-0.25, -0.2) is 4.98 Å². The largest absolute Gasteiger partial charge is 0.347 e. The van der Waals surface area contributed by atoms with Crippen molar-refractivity contribution in [2.24, 2.45) is 0 Å². The van der Waals surface area contributed by atoms with E-state index in [2.05, 4.69) is 15.6 Å². The van der Waals surface area contributed by atoms with Gasteiger partial charge < -0.3 is 10.6 Å².